The van der Waals surface area contributed by atoms with E-state index < -0.39 is 0 Å². The molecular weight excluding hydrogens is 320 g/mol. The Labute approximate surface area is 146 Å². The second-order valence-electron chi connectivity index (χ2n) is 6.19. The van der Waals surface area contributed by atoms with Gasteiger partial charge in [0.15, 0.2) is 5.16 Å². The molecule has 3 rings (SSSR count). The zero-order valence-corrected chi connectivity index (χ0v) is 14.7. The molecule has 0 aliphatic heterocycles. The number of carbonyl (C=O) groups excluding carboxylic acids is 1. The summed E-state index contributed by atoms with van der Waals surface area (Å²) in [6.07, 6.45) is 5.01. The van der Waals surface area contributed by atoms with E-state index in [1.54, 1.807) is 0 Å². The standard InChI is InChI=1S/C18H22N4OS/c1-13(17(23)20-14-7-2-3-8-14)24-18-21-15-9-4-5-10-16(15)22(18)12-6-11-19/h4-5,9-10,13-14H,2-3,6-8,12H2,1H3,(H,20,23)/t13-/m1/s1. The van der Waals surface area contributed by atoms with Crippen LogP contribution in [0.1, 0.15) is 39.0 Å². The smallest absolute Gasteiger partial charge is 0.233 e. The zero-order valence-electron chi connectivity index (χ0n) is 13.9. The van der Waals surface area contributed by atoms with Gasteiger partial charge in [-0.25, -0.2) is 4.98 Å². The van der Waals surface area contributed by atoms with Crippen LogP contribution in [0.25, 0.3) is 11.0 Å². The summed E-state index contributed by atoms with van der Waals surface area (Å²) in [4.78, 5) is 17.1. The van der Waals surface area contributed by atoms with Crippen molar-refractivity contribution >= 4 is 28.7 Å². The van der Waals surface area contributed by atoms with Gasteiger partial charge >= 0.3 is 0 Å². The lowest BCUT2D eigenvalue weighted by Gasteiger charge is -2.16. The van der Waals surface area contributed by atoms with Crippen molar-refractivity contribution in [3.8, 4) is 6.07 Å². The first-order valence-corrected chi connectivity index (χ1v) is 9.36. The lowest BCUT2D eigenvalue weighted by Crippen LogP contribution is -2.37. The molecule has 1 heterocycles. The van der Waals surface area contributed by atoms with E-state index in [1.165, 1.54) is 24.6 Å². The minimum atomic E-state index is -0.205. The minimum absolute atomic E-state index is 0.0748. The number of nitrogens with zero attached hydrogens (tertiary/aromatic N) is 3. The molecule has 1 aromatic heterocycles. The van der Waals surface area contributed by atoms with Gasteiger partial charge in [-0.15, -0.1) is 0 Å². The molecule has 1 N–H and O–H groups in total. The fourth-order valence-electron chi connectivity index (χ4n) is 3.12. The van der Waals surface area contributed by atoms with E-state index in [4.69, 9.17) is 5.26 Å². The summed E-state index contributed by atoms with van der Waals surface area (Å²) in [5, 5.41) is 12.6. The summed E-state index contributed by atoms with van der Waals surface area (Å²) in [6.45, 7) is 2.51. The monoisotopic (exact) mass is 342 g/mol. The van der Waals surface area contributed by atoms with Gasteiger partial charge in [0.1, 0.15) is 0 Å². The van der Waals surface area contributed by atoms with Crippen molar-refractivity contribution in [1.82, 2.24) is 14.9 Å². The third-order valence-electron chi connectivity index (χ3n) is 4.42. The van der Waals surface area contributed by atoms with Crippen molar-refractivity contribution in [3.63, 3.8) is 0 Å². The van der Waals surface area contributed by atoms with Gasteiger partial charge in [-0.05, 0) is 31.9 Å². The van der Waals surface area contributed by atoms with Crippen LogP contribution in [-0.2, 0) is 11.3 Å². The third-order valence-corrected chi connectivity index (χ3v) is 5.51. The Kier molecular flexibility index (Phi) is 5.41. The molecule has 1 aliphatic carbocycles. The maximum Gasteiger partial charge on any atom is 0.233 e. The van der Waals surface area contributed by atoms with E-state index in [-0.39, 0.29) is 11.2 Å². The van der Waals surface area contributed by atoms with Crippen LogP contribution >= 0.6 is 11.8 Å². The van der Waals surface area contributed by atoms with E-state index in [2.05, 4.69) is 16.4 Å². The minimum Gasteiger partial charge on any atom is -0.352 e. The van der Waals surface area contributed by atoms with Crippen LogP contribution in [0.2, 0.25) is 0 Å². The van der Waals surface area contributed by atoms with Crippen molar-refractivity contribution in [2.24, 2.45) is 0 Å². The van der Waals surface area contributed by atoms with Gasteiger partial charge < -0.3 is 9.88 Å². The lowest BCUT2D eigenvalue weighted by molar-refractivity contribution is -0.120. The number of nitriles is 1. The van der Waals surface area contributed by atoms with Gasteiger partial charge in [0.2, 0.25) is 5.91 Å². The number of rotatable bonds is 6. The first kappa shape index (κ1) is 16.8. The lowest BCUT2D eigenvalue weighted by atomic mass is 10.2. The molecular formula is C18H22N4OS. The molecule has 1 amide bonds. The zero-order chi connectivity index (χ0) is 16.9. The summed E-state index contributed by atoms with van der Waals surface area (Å²) < 4.78 is 2.04. The van der Waals surface area contributed by atoms with E-state index in [0.717, 1.165) is 29.0 Å². The van der Waals surface area contributed by atoms with Crippen LogP contribution in [0.5, 0.6) is 0 Å². The van der Waals surface area contributed by atoms with Crippen LogP contribution in [0, 0.1) is 11.3 Å². The molecule has 0 bridgehead atoms. The van der Waals surface area contributed by atoms with E-state index in [9.17, 15) is 4.79 Å². The summed E-state index contributed by atoms with van der Waals surface area (Å²) in [5.41, 5.74) is 1.92. The molecule has 0 unspecified atom stereocenters. The van der Waals surface area contributed by atoms with Crippen molar-refractivity contribution in [1.29, 1.82) is 5.26 Å². The Hall–Kier alpha value is -2.00. The third kappa shape index (κ3) is 3.73. The number of carbonyl (C=O) groups is 1. The number of nitrogens with one attached hydrogen (secondary N) is 1. The van der Waals surface area contributed by atoms with Crippen molar-refractivity contribution < 1.29 is 4.79 Å². The maximum absolute atomic E-state index is 12.4. The fourth-order valence-corrected chi connectivity index (χ4v) is 4.08. The normalized spacial score (nSPS) is 16.2. The van der Waals surface area contributed by atoms with Gasteiger partial charge in [-0.3, -0.25) is 4.79 Å². The largest absolute Gasteiger partial charge is 0.352 e. The quantitative estimate of drug-likeness (QED) is 0.816. The maximum atomic E-state index is 12.4. The van der Waals surface area contributed by atoms with Gasteiger partial charge in [0.05, 0.1) is 28.8 Å². The molecule has 5 nitrogen and oxygen atoms in total. The van der Waals surface area contributed by atoms with Gasteiger partial charge in [0.25, 0.3) is 0 Å². The average molecular weight is 342 g/mol. The number of benzene rings is 1. The Morgan fingerprint density at radius 2 is 2.21 bits per heavy atom. The number of thioether (sulfide) groups is 1. The highest BCUT2D eigenvalue weighted by molar-refractivity contribution is 8.00. The van der Waals surface area contributed by atoms with Gasteiger partial charge in [-0.2, -0.15) is 5.26 Å². The molecule has 1 aliphatic rings. The molecule has 0 radical (unpaired) electrons. The van der Waals surface area contributed by atoms with Crippen LogP contribution in [0.4, 0.5) is 0 Å². The van der Waals surface area contributed by atoms with Crippen LogP contribution < -0.4 is 5.32 Å². The first-order valence-electron chi connectivity index (χ1n) is 8.48. The SMILES string of the molecule is C[C@@H](Sc1nc2ccccc2n1CCC#N)C(=O)NC1CCCC1. The van der Waals surface area contributed by atoms with E-state index >= 15 is 0 Å². The predicted molar refractivity (Wildman–Crippen MR) is 95.7 cm³/mol. The number of aryl methyl sites for hydroxylation is 1. The van der Waals surface area contributed by atoms with E-state index in [1.807, 2.05) is 35.8 Å². The molecule has 1 aromatic carbocycles. The Morgan fingerprint density at radius 3 is 2.96 bits per heavy atom. The molecule has 6 heteroatoms. The van der Waals surface area contributed by atoms with Crippen molar-refractivity contribution in [3.05, 3.63) is 24.3 Å². The molecule has 2 aromatic rings. The second kappa shape index (κ2) is 7.71. The average Bonchev–Trinajstić information content (AvgIpc) is 3.20. The highest BCUT2D eigenvalue weighted by Gasteiger charge is 2.23. The predicted octanol–water partition coefficient (Wildman–Crippen LogP) is 3.49. The number of hydrogen-bond acceptors (Lipinski definition) is 4. The topological polar surface area (TPSA) is 70.7 Å². The van der Waals surface area contributed by atoms with Gasteiger partial charge in [-0.1, -0.05) is 36.7 Å². The number of fused-ring (bicyclic) bond motifs is 1. The molecule has 126 valence electrons. The molecule has 1 saturated carbocycles. The highest BCUT2D eigenvalue weighted by Crippen LogP contribution is 2.28. The number of amides is 1. The molecule has 1 atom stereocenters. The Bertz CT molecular complexity index is 758. The fraction of sp³-hybridized carbons (Fsp3) is 0.500. The molecule has 1 fully saturated rings. The summed E-state index contributed by atoms with van der Waals surface area (Å²) in [6, 6.07) is 10.4. The Balaban J connectivity index is 1.75. The molecule has 0 saturated heterocycles. The van der Waals surface area contributed by atoms with E-state index in [0.29, 0.717) is 19.0 Å². The van der Waals surface area contributed by atoms with Crippen LogP contribution in [-0.4, -0.2) is 26.8 Å². The number of imidazole rings is 1. The number of hydrogen-bond donors (Lipinski definition) is 1. The van der Waals surface area contributed by atoms with Crippen LogP contribution in [0.15, 0.2) is 29.4 Å². The summed E-state index contributed by atoms with van der Waals surface area (Å²) in [5.74, 6) is 0.0748. The van der Waals surface area contributed by atoms with Crippen molar-refractivity contribution in [2.45, 2.75) is 62.0 Å². The van der Waals surface area contributed by atoms with Crippen molar-refractivity contribution in [2.75, 3.05) is 0 Å². The van der Waals surface area contributed by atoms with Crippen LogP contribution in [0.3, 0.4) is 0 Å². The Morgan fingerprint density at radius 1 is 1.46 bits per heavy atom. The number of para-hydroxylation sites is 2. The first-order chi connectivity index (χ1) is 11.7. The summed E-state index contributed by atoms with van der Waals surface area (Å²) >= 11 is 1.47. The molecule has 24 heavy (non-hydrogen) atoms. The summed E-state index contributed by atoms with van der Waals surface area (Å²) in [7, 11) is 0. The number of aromatic nitrogens is 2. The molecule has 0 spiro atoms. The van der Waals surface area contributed by atoms with Gasteiger partial charge in [0, 0.05) is 12.6 Å². The second-order valence-corrected chi connectivity index (χ2v) is 7.50. The highest BCUT2D eigenvalue weighted by atomic mass is 32.2.